The molecule has 8 N–H and O–H groups in total. The molecule has 40 nitrogen and oxygen atoms in total. The number of methoxy groups -OCH3 is 1. The van der Waals surface area contributed by atoms with Crippen LogP contribution in [0.4, 0.5) is 40.3 Å². The van der Waals surface area contributed by atoms with Crippen molar-refractivity contribution in [2.24, 2.45) is 0 Å². The van der Waals surface area contributed by atoms with E-state index in [1.165, 1.54) is 53.2 Å². The number of amides is 4. The third kappa shape index (κ3) is 22.0. The molecule has 1 aliphatic rings. The molecule has 16 aromatic heterocycles. The zero-order chi connectivity index (χ0) is 83.7. The summed E-state index contributed by atoms with van der Waals surface area (Å²) in [5.74, 6) is -0.697. The second-order valence-electron chi connectivity index (χ2n) is 25.7. The molecule has 1 fully saturated rings. The summed E-state index contributed by atoms with van der Waals surface area (Å²) in [6, 6.07) is 22.0. The van der Waals surface area contributed by atoms with Crippen LogP contribution in [-0.4, -0.2) is 210 Å². The maximum Gasteiger partial charge on any atom is 0.277 e. The van der Waals surface area contributed by atoms with Crippen LogP contribution >= 0.6 is 0 Å². The molecule has 4 amide bonds. The van der Waals surface area contributed by atoms with Gasteiger partial charge in [0.2, 0.25) is 23.6 Å². The Morgan fingerprint density at radius 1 is 0.421 bits per heavy atom. The lowest BCUT2D eigenvalue weighted by Gasteiger charge is -2.25. The van der Waals surface area contributed by atoms with Crippen LogP contribution in [0.3, 0.4) is 0 Å². The van der Waals surface area contributed by atoms with Crippen LogP contribution in [-0.2, 0) is 38.6 Å². The average Bonchev–Trinajstić information content (AvgIpc) is 1.65. The van der Waals surface area contributed by atoms with Crippen LogP contribution in [0.15, 0.2) is 215 Å². The van der Waals surface area contributed by atoms with Crippen molar-refractivity contribution in [3.63, 3.8) is 0 Å². The highest BCUT2D eigenvalue weighted by atomic mass is 19.3. The minimum atomic E-state index is -2.54. The molecular formula is C77H72F4N28O12. The number of alkyl halides is 4. The first-order chi connectivity index (χ1) is 59.2. The van der Waals surface area contributed by atoms with Gasteiger partial charge in [-0.2, -0.15) is 40.8 Å². The molecule has 620 valence electrons. The Balaban J connectivity index is 0.000000132. The van der Waals surface area contributed by atoms with Gasteiger partial charge in [-0.25, -0.2) is 37.5 Å². The second-order valence-corrected chi connectivity index (χ2v) is 25.7. The van der Waals surface area contributed by atoms with Gasteiger partial charge in [-0.1, -0.05) is 24.3 Å². The van der Waals surface area contributed by atoms with E-state index in [4.69, 9.17) is 36.6 Å². The number of halogens is 4. The Kier molecular flexibility index (Phi) is 27.4. The van der Waals surface area contributed by atoms with E-state index in [-0.39, 0.29) is 66.8 Å². The van der Waals surface area contributed by atoms with E-state index in [2.05, 4.69) is 122 Å². The Labute approximate surface area is 680 Å². The maximum absolute atomic E-state index is 12.8. The SMILES string of the molecule is COCCOCCn1cc(NC(=O)c2coc(-c3cn[nH]c3)n2)c(-c2ccccn2)n1.O=C(Nc1cn(C2CCC2)nc1-c1ccccn1)c1coc(-c2cn[nH]c2)n1.O=C(Nc1cn(CCOCC(F)F)nc1-c1ccccn1)c1coc(-c2cn[nH]c2)n1.O=C(Nc1cn(CCOCC(F)F)nc1-c1ccccn1)c1coc(-c2cn[nH]c2)n1. The van der Waals surface area contributed by atoms with Gasteiger partial charge in [-0.15, -0.1) is 0 Å². The van der Waals surface area contributed by atoms with Crippen molar-refractivity contribution in [2.45, 2.75) is 57.8 Å². The number of hydrogen-bond acceptors (Lipinski definition) is 28. The molecule has 0 saturated heterocycles. The highest BCUT2D eigenvalue weighted by Gasteiger charge is 2.27. The number of pyridine rings is 4. The molecule has 0 bridgehead atoms. The number of anilines is 4. The minimum absolute atomic E-state index is 0.0401. The first kappa shape index (κ1) is 82.1. The highest BCUT2D eigenvalue weighted by Crippen LogP contribution is 2.36. The summed E-state index contributed by atoms with van der Waals surface area (Å²) in [6.45, 7) is 1.21. The summed E-state index contributed by atoms with van der Waals surface area (Å²) in [5, 5.41) is 55.3. The molecule has 16 heterocycles. The van der Waals surface area contributed by atoms with Gasteiger partial charge >= 0.3 is 0 Å². The summed E-state index contributed by atoms with van der Waals surface area (Å²) in [4.78, 5) is 84.9. The van der Waals surface area contributed by atoms with Gasteiger partial charge in [0.15, 0.2) is 22.8 Å². The fourth-order valence-corrected chi connectivity index (χ4v) is 11.3. The molecule has 17 rings (SSSR count). The number of carbonyl (C=O) groups excluding carboxylic acids is 4. The molecule has 121 heavy (non-hydrogen) atoms. The van der Waals surface area contributed by atoms with Crippen LogP contribution in [0, 0.1) is 0 Å². The standard InChI is InChI=1S/C20H21N7O4.2C19H17F2N7O3.C19H17N7O2/c1-29-8-9-30-7-6-27-12-16(18(26-27)15-4-2-3-5-21-15)24-19(28)17-13-31-20(25-17)14-10-22-23-11-14;2*20-16(21)11-30-6-5-28-9-14(17(27-28)13-3-1-2-4-22-13)25-18(29)15-10-31-19(26-15)12-7-23-24-8-12;27-18(16-11-28-19(24-16)12-8-21-22-9-12)23-15-10-26(13-4-3-5-13)25-17(15)14-6-1-2-7-20-14/h2-5,10-13H,6-9H2,1H3,(H,22,23)(H,24,28);2*1-4,7-10,16H,5-6,11H2,(H,23,24)(H,25,29);1-2,6-11,13H,3-5H2,(H,21,22)(H,23,27). The van der Waals surface area contributed by atoms with E-state index in [9.17, 15) is 36.7 Å². The van der Waals surface area contributed by atoms with Crippen molar-refractivity contribution in [2.75, 3.05) is 74.6 Å². The first-order valence-corrected chi connectivity index (χ1v) is 37.0. The molecular weight excluding hydrogens is 1590 g/mol. The number of nitrogens with one attached hydrogen (secondary N) is 8. The van der Waals surface area contributed by atoms with Crippen molar-refractivity contribution < 1.29 is 73.4 Å². The topological polar surface area (TPSA) is 495 Å². The van der Waals surface area contributed by atoms with Gasteiger partial charge < -0.3 is 57.9 Å². The molecule has 0 aromatic carbocycles. The minimum Gasteiger partial charge on any atom is -0.444 e. The fraction of sp³-hybridized carbons (Fsp3) is 0.221. The van der Waals surface area contributed by atoms with Crippen molar-refractivity contribution >= 4 is 46.4 Å². The van der Waals surface area contributed by atoms with Gasteiger partial charge in [0.25, 0.3) is 36.5 Å². The lowest BCUT2D eigenvalue weighted by molar-refractivity contribution is 0.0139. The fourth-order valence-electron chi connectivity index (χ4n) is 11.3. The number of H-pyrrole nitrogens is 4. The molecule has 1 saturated carbocycles. The number of hydrogen-bond donors (Lipinski definition) is 8. The van der Waals surface area contributed by atoms with E-state index in [1.807, 2.05) is 47.3 Å². The highest BCUT2D eigenvalue weighted by molar-refractivity contribution is 6.07. The predicted octanol–water partition coefficient (Wildman–Crippen LogP) is 11.3. The third-order valence-corrected chi connectivity index (χ3v) is 17.3. The number of carbonyl (C=O) groups is 4. The average molecular weight is 1660 g/mol. The summed E-state index contributed by atoms with van der Waals surface area (Å²) in [6.07, 6.45) is 29.4. The number of aromatic amines is 4. The van der Waals surface area contributed by atoms with Crippen LogP contribution in [0.25, 0.3) is 91.4 Å². The number of nitrogens with zero attached hydrogens (tertiary/aromatic N) is 20. The predicted molar refractivity (Wildman–Crippen MR) is 419 cm³/mol. The normalized spacial score (nSPS) is 11.8. The van der Waals surface area contributed by atoms with Gasteiger partial charge in [0, 0.05) is 81.5 Å². The lowest BCUT2D eigenvalue weighted by atomic mass is 9.93. The van der Waals surface area contributed by atoms with Crippen LogP contribution in [0.1, 0.15) is 67.3 Å². The van der Waals surface area contributed by atoms with Gasteiger partial charge in [0.05, 0.1) is 151 Å². The van der Waals surface area contributed by atoms with E-state index in [0.29, 0.717) is 135 Å². The van der Waals surface area contributed by atoms with Crippen LogP contribution in [0.2, 0.25) is 0 Å². The Bertz CT molecular complexity index is 5710. The van der Waals surface area contributed by atoms with Crippen LogP contribution < -0.4 is 21.3 Å². The molecule has 0 spiro atoms. The number of aromatic nitrogens is 24. The van der Waals surface area contributed by atoms with Crippen molar-refractivity contribution in [3.8, 4) is 91.4 Å². The largest absolute Gasteiger partial charge is 0.444 e. The zero-order valence-electron chi connectivity index (χ0n) is 63.8. The molecule has 44 heteroatoms. The molecule has 1 aliphatic carbocycles. The maximum atomic E-state index is 12.8. The van der Waals surface area contributed by atoms with Gasteiger partial charge in [0.1, 0.15) is 61.0 Å². The zero-order valence-corrected chi connectivity index (χ0v) is 63.8. The monoisotopic (exact) mass is 1660 g/mol. The third-order valence-electron chi connectivity index (χ3n) is 17.3. The van der Waals surface area contributed by atoms with Gasteiger partial charge in [-0.05, 0) is 67.8 Å². The Morgan fingerprint density at radius 2 is 0.736 bits per heavy atom. The molecule has 0 radical (unpaired) electrons. The van der Waals surface area contributed by atoms with E-state index < -0.39 is 43.8 Å². The van der Waals surface area contributed by atoms with E-state index in [1.54, 1.807) is 129 Å². The summed E-state index contributed by atoms with van der Waals surface area (Å²) >= 11 is 0. The number of ether oxygens (including phenoxy) is 4. The second kappa shape index (κ2) is 40.4. The number of rotatable bonds is 33. The van der Waals surface area contributed by atoms with E-state index in [0.717, 1.165) is 12.8 Å². The summed E-state index contributed by atoms with van der Waals surface area (Å²) in [5.41, 5.74) is 9.26. The smallest absolute Gasteiger partial charge is 0.277 e. The van der Waals surface area contributed by atoms with Crippen molar-refractivity contribution in [3.05, 3.63) is 220 Å². The Hall–Kier alpha value is -15.4. The summed E-state index contributed by atoms with van der Waals surface area (Å²) in [7, 11) is 1.62. The Morgan fingerprint density at radius 3 is 1.01 bits per heavy atom. The summed E-state index contributed by atoms with van der Waals surface area (Å²) < 4.78 is 97.2. The van der Waals surface area contributed by atoms with E-state index >= 15 is 0 Å². The first-order valence-electron chi connectivity index (χ1n) is 37.0. The molecule has 0 unspecified atom stereocenters. The molecule has 16 aromatic rings. The van der Waals surface area contributed by atoms with Crippen LogP contribution in [0.5, 0.6) is 0 Å². The number of oxazole rings is 4. The lowest BCUT2D eigenvalue weighted by Crippen LogP contribution is -2.17. The van der Waals surface area contributed by atoms with Gasteiger partial charge in [-0.3, -0.25) is 78.2 Å². The van der Waals surface area contributed by atoms with Crippen molar-refractivity contribution in [1.82, 2.24) is 120 Å². The molecule has 0 aliphatic heterocycles. The quantitative estimate of drug-likeness (QED) is 0.0140. The molecule has 0 atom stereocenters. The van der Waals surface area contributed by atoms with Crippen molar-refractivity contribution in [1.29, 1.82) is 0 Å².